The van der Waals surface area contributed by atoms with E-state index in [0.717, 1.165) is 34.6 Å². The van der Waals surface area contributed by atoms with E-state index in [0.29, 0.717) is 6.42 Å². The first-order valence-electron chi connectivity index (χ1n) is 7.62. The van der Waals surface area contributed by atoms with Gasteiger partial charge in [0.25, 0.3) is 0 Å². The van der Waals surface area contributed by atoms with Gasteiger partial charge in [0.05, 0.1) is 0 Å². The van der Waals surface area contributed by atoms with E-state index in [1.807, 2.05) is 24.3 Å². The van der Waals surface area contributed by atoms with E-state index in [9.17, 15) is 4.79 Å². The number of pyridine rings is 1. The molecule has 0 atom stereocenters. The molecule has 1 aliphatic carbocycles. The van der Waals surface area contributed by atoms with Gasteiger partial charge in [0.2, 0.25) is 0 Å². The zero-order valence-electron chi connectivity index (χ0n) is 12.2. The number of carbonyl (C=O) groups is 1. The molecule has 21 heavy (non-hydrogen) atoms. The predicted molar refractivity (Wildman–Crippen MR) is 85.0 cm³/mol. The highest BCUT2D eigenvalue weighted by Crippen LogP contribution is 2.31. The van der Waals surface area contributed by atoms with Crippen molar-refractivity contribution in [3.05, 3.63) is 36.0 Å². The molecule has 1 fully saturated rings. The molecule has 0 spiro atoms. The third-order valence-electron chi connectivity index (χ3n) is 4.44. The van der Waals surface area contributed by atoms with Crippen molar-refractivity contribution in [3.63, 3.8) is 0 Å². The van der Waals surface area contributed by atoms with Crippen LogP contribution < -0.4 is 3.79 Å². The Kier molecular flexibility index (Phi) is 4.58. The lowest BCUT2D eigenvalue weighted by molar-refractivity contribution is 0.0975. The lowest BCUT2D eigenvalue weighted by Crippen LogP contribution is -2.04. The Labute approximate surface area is 133 Å². The number of nitrogens with zero attached hydrogens (tertiary/aromatic N) is 1. The zero-order chi connectivity index (χ0) is 14.7. The van der Waals surface area contributed by atoms with E-state index in [-0.39, 0.29) is 5.78 Å². The van der Waals surface area contributed by atoms with Gasteiger partial charge >= 0.3 is 16.6 Å². The number of rotatable bonds is 5. The normalized spacial score (nSPS) is 15.4. The van der Waals surface area contributed by atoms with Crippen LogP contribution in [0.4, 0.5) is 0 Å². The third-order valence-corrected chi connectivity index (χ3v) is 4.75. The van der Waals surface area contributed by atoms with Crippen molar-refractivity contribution in [2.45, 2.75) is 38.5 Å². The molecule has 1 aromatic heterocycles. The molecule has 4 heteroatoms. The van der Waals surface area contributed by atoms with E-state index >= 15 is 0 Å². The molecule has 0 N–H and O–H groups in total. The van der Waals surface area contributed by atoms with Crippen LogP contribution in [-0.2, 0) is 0 Å². The Morgan fingerprint density at radius 1 is 1.29 bits per heavy atom. The van der Waals surface area contributed by atoms with Crippen molar-refractivity contribution in [3.8, 4) is 5.75 Å². The van der Waals surface area contributed by atoms with Crippen molar-refractivity contribution in [2.24, 2.45) is 5.92 Å². The quantitative estimate of drug-likeness (QED) is 0.625. The highest BCUT2D eigenvalue weighted by atomic mass is 27.1. The van der Waals surface area contributed by atoms with Crippen LogP contribution in [-0.4, -0.2) is 27.4 Å². The highest BCUT2D eigenvalue weighted by Gasteiger charge is 2.18. The van der Waals surface area contributed by atoms with Gasteiger partial charge in [-0.2, -0.15) is 0 Å². The topological polar surface area (TPSA) is 39.2 Å². The van der Waals surface area contributed by atoms with E-state index in [1.165, 1.54) is 42.3 Å². The van der Waals surface area contributed by atoms with Crippen molar-refractivity contribution in [2.75, 3.05) is 0 Å². The fourth-order valence-corrected chi connectivity index (χ4v) is 3.51. The van der Waals surface area contributed by atoms with E-state index in [1.54, 1.807) is 6.20 Å². The monoisotopic (exact) mass is 296 g/mol. The minimum absolute atomic E-state index is 0.227. The maximum absolute atomic E-state index is 12.5. The van der Waals surface area contributed by atoms with Crippen LogP contribution in [0.5, 0.6) is 5.75 Å². The van der Waals surface area contributed by atoms with Gasteiger partial charge < -0.3 is 3.79 Å². The second-order valence-electron chi connectivity index (χ2n) is 5.77. The molecule has 0 saturated heterocycles. The summed E-state index contributed by atoms with van der Waals surface area (Å²) in [6, 6.07) is 7.56. The summed E-state index contributed by atoms with van der Waals surface area (Å²) >= 11 is 1.43. The smallest absolute Gasteiger partial charge is 0.494 e. The lowest BCUT2D eigenvalue weighted by Gasteiger charge is -2.11. The van der Waals surface area contributed by atoms with E-state index in [4.69, 9.17) is 3.79 Å². The summed E-state index contributed by atoms with van der Waals surface area (Å²) in [5.41, 5.74) is 1.56. The van der Waals surface area contributed by atoms with Crippen LogP contribution in [0.15, 0.2) is 30.5 Å². The standard InChI is InChI=1S/C17H19NO2.Al.H/c19-15(9-7-12-4-1-2-5-12)13-8-10-16(20)17-14(13)6-3-11-18-17;;/h3,6,8,10-12,20H,1-2,4-5,7,9H2;;/q;+1;/p-1. The highest BCUT2D eigenvalue weighted by molar-refractivity contribution is 6.09. The van der Waals surface area contributed by atoms with Gasteiger partial charge in [0.1, 0.15) is 11.3 Å². The van der Waals surface area contributed by atoms with Gasteiger partial charge in [0.15, 0.2) is 5.78 Å². The predicted octanol–water partition coefficient (Wildman–Crippen LogP) is 3.58. The van der Waals surface area contributed by atoms with Crippen LogP contribution >= 0.6 is 0 Å². The summed E-state index contributed by atoms with van der Waals surface area (Å²) in [5.74, 6) is 1.71. The summed E-state index contributed by atoms with van der Waals surface area (Å²) < 4.78 is 5.36. The minimum atomic E-state index is 0.227. The number of carbonyl (C=O) groups excluding carboxylic acids is 1. The molecule has 2 aromatic rings. The molecule has 1 aromatic carbocycles. The molecule has 1 radical (unpaired) electrons. The van der Waals surface area contributed by atoms with Gasteiger partial charge in [-0.05, 0) is 30.5 Å². The SMILES string of the molecule is O=C(CCC1CCCC1)c1ccc([O][AlH])c2ncccc12. The summed E-state index contributed by atoms with van der Waals surface area (Å²) in [5, 5.41) is 0.901. The molecule has 0 aliphatic heterocycles. The molecule has 3 rings (SSSR count). The Balaban J connectivity index is 1.84. The van der Waals surface area contributed by atoms with Gasteiger partial charge in [-0.25, -0.2) is 0 Å². The van der Waals surface area contributed by atoms with Crippen molar-refractivity contribution < 1.29 is 8.58 Å². The first-order chi connectivity index (χ1) is 10.3. The van der Waals surface area contributed by atoms with Crippen LogP contribution in [0.1, 0.15) is 48.9 Å². The van der Waals surface area contributed by atoms with Gasteiger partial charge in [0, 0.05) is 23.6 Å². The molecule has 1 heterocycles. The fraction of sp³-hybridized carbons (Fsp3) is 0.412. The van der Waals surface area contributed by atoms with Crippen molar-refractivity contribution in [1.82, 2.24) is 4.98 Å². The molecule has 3 nitrogen and oxygen atoms in total. The lowest BCUT2D eigenvalue weighted by atomic mass is 9.95. The number of hydrogen-bond acceptors (Lipinski definition) is 3. The van der Waals surface area contributed by atoms with Crippen LogP contribution in [0.25, 0.3) is 10.9 Å². The summed E-state index contributed by atoms with van der Waals surface area (Å²) in [6.45, 7) is 0. The van der Waals surface area contributed by atoms with Gasteiger partial charge in [-0.15, -0.1) is 0 Å². The number of aromatic nitrogens is 1. The zero-order valence-corrected chi connectivity index (χ0v) is 13.6. The summed E-state index contributed by atoms with van der Waals surface area (Å²) in [4.78, 5) is 16.9. The van der Waals surface area contributed by atoms with E-state index < -0.39 is 0 Å². The average Bonchev–Trinajstić information content (AvgIpc) is 3.05. The number of fused-ring (bicyclic) bond motifs is 1. The second kappa shape index (κ2) is 6.60. The van der Waals surface area contributed by atoms with E-state index in [2.05, 4.69) is 4.98 Å². The first-order valence-corrected chi connectivity index (χ1v) is 8.20. The number of benzene rings is 1. The second-order valence-corrected chi connectivity index (χ2v) is 6.06. The van der Waals surface area contributed by atoms with Crippen LogP contribution in [0.2, 0.25) is 0 Å². The Bertz CT molecular complexity index is 650. The number of ketones is 1. The molecule has 0 unspecified atom stereocenters. The summed E-state index contributed by atoms with van der Waals surface area (Å²) in [7, 11) is 0. The molecular formula is C17H19AlNO2. The number of hydrogen-bond donors (Lipinski definition) is 0. The largest absolute Gasteiger partial charge is 0.649 e. The third kappa shape index (κ3) is 3.12. The fourth-order valence-electron chi connectivity index (χ4n) is 3.28. The van der Waals surface area contributed by atoms with Gasteiger partial charge in [-0.3, -0.25) is 9.78 Å². The molecule has 1 aliphatic rings. The van der Waals surface area contributed by atoms with Crippen molar-refractivity contribution in [1.29, 1.82) is 0 Å². The maximum Gasteiger partial charge on any atom is 0.494 e. The van der Waals surface area contributed by atoms with Crippen LogP contribution in [0, 0.1) is 5.92 Å². The first kappa shape index (κ1) is 14.6. The Morgan fingerprint density at radius 2 is 2.10 bits per heavy atom. The maximum atomic E-state index is 12.5. The Hall–Kier alpha value is -1.37. The molecular weight excluding hydrogens is 277 g/mol. The number of Topliss-reactive ketones (excluding diaryl/α,β-unsaturated/α-hetero) is 1. The van der Waals surface area contributed by atoms with Crippen molar-refractivity contribution >= 4 is 33.3 Å². The summed E-state index contributed by atoms with van der Waals surface area (Å²) in [6.07, 6.45) is 8.64. The molecule has 1 saturated carbocycles. The molecule has 0 amide bonds. The van der Waals surface area contributed by atoms with Gasteiger partial charge in [-0.1, -0.05) is 31.7 Å². The average molecular weight is 296 g/mol. The molecule has 0 bridgehead atoms. The van der Waals surface area contributed by atoms with Crippen LogP contribution in [0.3, 0.4) is 0 Å². The minimum Gasteiger partial charge on any atom is -0.649 e. The molecule has 107 valence electrons. The Morgan fingerprint density at radius 3 is 2.86 bits per heavy atom.